The molecule has 1 saturated heterocycles. The minimum absolute atomic E-state index is 0.284. The summed E-state index contributed by atoms with van der Waals surface area (Å²) in [5.41, 5.74) is 2.47. The number of ether oxygens (including phenoxy) is 2. The van der Waals surface area contributed by atoms with E-state index in [9.17, 15) is 0 Å². The van der Waals surface area contributed by atoms with Gasteiger partial charge in [0.25, 0.3) is 0 Å². The van der Waals surface area contributed by atoms with Crippen molar-refractivity contribution in [3.05, 3.63) is 23.3 Å². The van der Waals surface area contributed by atoms with Crippen molar-refractivity contribution in [3.63, 3.8) is 0 Å². The predicted molar refractivity (Wildman–Crippen MR) is 88.6 cm³/mol. The molecule has 0 aromatic heterocycles. The minimum atomic E-state index is 0.284. The first-order chi connectivity index (χ1) is 10.3. The molecular formula is C17H25NO2S. The van der Waals surface area contributed by atoms with Crippen LogP contribution in [-0.4, -0.2) is 30.8 Å². The summed E-state index contributed by atoms with van der Waals surface area (Å²) >= 11 is 2.11. The highest BCUT2D eigenvalue weighted by atomic mass is 32.2. The molecule has 2 aliphatic rings. The molecule has 1 N–H and O–H groups in total. The van der Waals surface area contributed by atoms with Gasteiger partial charge < -0.3 is 14.8 Å². The lowest BCUT2D eigenvalue weighted by Gasteiger charge is -2.21. The Balaban J connectivity index is 1.60. The topological polar surface area (TPSA) is 30.5 Å². The van der Waals surface area contributed by atoms with Crippen LogP contribution in [0.3, 0.4) is 0 Å². The van der Waals surface area contributed by atoms with Crippen LogP contribution in [0, 0.1) is 0 Å². The maximum absolute atomic E-state index is 5.86. The van der Waals surface area contributed by atoms with Crippen molar-refractivity contribution in [1.82, 2.24) is 5.32 Å². The van der Waals surface area contributed by atoms with Gasteiger partial charge in [-0.05, 0) is 37.7 Å². The smallest absolute Gasteiger partial charge is 0.123 e. The fraction of sp³-hybridized carbons (Fsp3) is 0.647. The van der Waals surface area contributed by atoms with E-state index in [2.05, 4.69) is 36.1 Å². The van der Waals surface area contributed by atoms with Gasteiger partial charge in [0, 0.05) is 35.9 Å². The van der Waals surface area contributed by atoms with Gasteiger partial charge in [-0.1, -0.05) is 6.42 Å². The summed E-state index contributed by atoms with van der Waals surface area (Å²) in [5, 5.41) is 4.37. The van der Waals surface area contributed by atoms with Gasteiger partial charge in [-0.2, -0.15) is 11.8 Å². The van der Waals surface area contributed by atoms with E-state index in [0.29, 0.717) is 0 Å². The third-order valence-corrected chi connectivity index (χ3v) is 5.66. The Morgan fingerprint density at radius 2 is 2.29 bits per heavy atom. The number of hydrogen-bond acceptors (Lipinski definition) is 4. The average Bonchev–Trinajstić information content (AvgIpc) is 2.86. The summed E-state index contributed by atoms with van der Waals surface area (Å²) in [5.74, 6) is 3.34. The Kier molecular flexibility index (Phi) is 4.96. The molecule has 2 heterocycles. The van der Waals surface area contributed by atoms with Crippen LogP contribution in [-0.2, 0) is 13.0 Å². The molecule has 0 spiro atoms. The van der Waals surface area contributed by atoms with Gasteiger partial charge >= 0.3 is 0 Å². The number of fused-ring (bicyclic) bond motifs is 1. The molecule has 1 fully saturated rings. The lowest BCUT2D eigenvalue weighted by atomic mass is 10.1. The van der Waals surface area contributed by atoms with Gasteiger partial charge in [-0.3, -0.25) is 0 Å². The van der Waals surface area contributed by atoms with E-state index in [1.165, 1.54) is 36.1 Å². The van der Waals surface area contributed by atoms with Crippen molar-refractivity contribution in [2.75, 3.05) is 19.4 Å². The molecule has 2 atom stereocenters. The van der Waals surface area contributed by atoms with E-state index in [-0.39, 0.29) is 6.10 Å². The van der Waals surface area contributed by atoms with Crippen LogP contribution in [0.1, 0.15) is 37.3 Å². The third-order valence-electron chi connectivity index (χ3n) is 4.26. The highest BCUT2D eigenvalue weighted by molar-refractivity contribution is 7.99. The molecule has 0 bridgehead atoms. The molecule has 21 heavy (non-hydrogen) atoms. The van der Waals surface area contributed by atoms with Crippen LogP contribution in [0.15, 0.2) is 12.1 Å². The maximum atomic E-state index is 5.86. The molecule has 4 heteroatoms. The van der Waals surface area contributed by atoms with E-state index in [4.69, 9.17) is 9.47 Å². The van der Waals surface area contributed by atoms with Crippen LogP contribution in [0.5, 0.6) is 11.5 Å². The van der Waals surface area contributed by atoms with E-state index >= 15 is 0 Å². The zero-order valence-electron chi connectivity index (χ0n) is 13.0. The molecule has 0 saturated carbocycles. The fourth-order valence-electron chi connectivity index (χ4n) is 3.15. The van der Waals surface area contributed by atoms with Gasteiger partial charge in [-0.15, -0.1) is 0 Å². The SMILES string of the molecule is COc1cc2c(cc1CNCC1CCCCS1)OC(C)C2. The van der Waals surface area contributed by atoms with Gasteiger partial charge in [0.15, 0.2) is 0 Å². The Bertz CT molecular complexity index is 486. The van der Waals surface area contributed by atoms with Crippen molar-refractivity contribution in [3.8, 4) is 11.5 Å². The molecule has 3 rings (SSSR count). The summed E-state index contributed by atoms with van der Waals surface area (Å²) in [7, 11) is 1.75. The monoisotopic (exact) mass is 307 g/mol. The van der Waals surface area contributed by atoms with Crippen molar-refractivity contribution >= 4 is 11.8 Å². The van der Waals surface area contributed by atoms with Crippen molar-refractivity contribution < 1.29 is 9.47 Å². The van der Waals surface area contributed by atoms with Crippen molar-refractivity contribution in [2.24, 2.45) is 0 Å². The summed E-state index contributed by atoms with van der Waals surface area (Å²) in [6, 6.07) is 4.30. The van der Waals surface area contributed by atoms with Crippen LogP contribution in [0.4, 0.5) is 0 Å². The van der Waals surface area contributed by atoms with E-state index in [1.54, 1.807) is 7.11 Å². The van der Waals surface area contributed by atoms with E-state index in [1.807, 2.05) is 0 Å². The third kappa shape index (κ3) is 3.67. The molecule has 0 aliphatic carbocycles. The average molecular weight is 307 g/mol. The standard InChI is InChI=1S/C17H25NO2S/c1-12-7-13-8-16(19-2)14(9-17(13)20-12)10-18-11-15-5-3-4-6-21-15/h8-9,12,15,18H,3-7,10-11H2,1-2H3. The lowest BCUT2D eigenvalue weighted by molar-refractivity contribution is 0.254. The molecule has 0 amide bonds. The zero-order chi connectivity index (χ0) is 14.7. The van der Waals surface area contributed by atoms with Crippen molar-refractivity contribution in [2.45, 2.75) is 50.5 Å². The number of rotatable bonds is 5. The van der Waals surface area contributed by atoms with Gasteiger partial charge in [0.1, 0.15) is 17.6 Å². The first kappa shape index (κ1) is 15.0. The summed E-state index contributed by atoms with van der Waals surface area (Å²) in [4.78, 5) is 0. The van der Waals surface area contributed by atoms with E-state index < -0.39 is 0 Å². The van der Waals surface area contributed by atoms with Gasteiger partial charge in [-0.25, -0.2) is 0 Å². The van der Waals surface area contributed by atoms with Crippen LogP contribution < -0.4 is 14.8 Å². The molecule has 1 aromatic rings. The lowest BCUT2D eigenvalue weighted by Crippen LogP contribution is -2.26. The molecule has 2 aliphatic heterocycles. The van der Waals surface area contributed by atoms with Gasteiger partial charge in [0.05, 0.1) is 7.11 Å². The minimum Gasteiger partial charge on any atom is -0.496 e. The quantitative estimate of drug-likeness (QED) is 0.903. The van der Waals surface area contributed by atoms with Crippen LogP contribution in [0.25, 0.3) is 0 Å². The fourth-order valence-corrected chi connectivity index (χ4v) is 4.42. The van der Waals surface area contributed by atoms with E-state index in [0.717, 1.165) is 36.3 Å². The Morgan fingerprint density at radius 3 is 3.05 bits per heavy atom. The maximum Gasteiger partial charge on any atom is 0.123 e. The molecule has 116 valence electrons. The number of hydrogen-bond donors (Lipinski definition) is 1. The first-order valence-electron chi connectivity index (χ1n) is 7.95. The van der Waals surface area contributed by atoms with Crippen LogP contribution >= 0.6 is 11.8 Å². The second-order valence-electron chi connectivity index (χ2n) is 6.02. The highest BCUT2D eigenvalue weighted by Gasteiger charge is 2.21. The molecule has 3 nitrogen and oxygen atoms in total. The number of benzene rings is 1. The summed E-state index contributed by atoms with van der Waals surface area (Å²) in [6.07, 6.45) is 5.38. The summed E-state index contributed by atoms with van der Waals surface area (Å²) < 4.78 is 11.4. The number of methoxy groups -OCH3 is 1. The largest absolute Gasteiger partial charge is 0.496 e. The predicted octanol–water partition coefficient (Wildman–Crippen LogP) is 3.39. The summed E-state index contributed by atoms with van der Waals surface area (Å²) in [6.45, 7) is 4.05. The number of nitrogens with one attached hydrogen (secondary N) is 1. The second kappa shape index (κ2) is 6.93. The Morgan fingerprint density at radius 1 is 1.38 bits per heavy atom. The Hall–Kier alpha value is -0.870. The highest BCUT2D eigenvalue weighted by Crippen LogP contribution is 2.35. The molecule has 1 aromatic carbocycles. The second-order valence-corrected chi connectivity index (χ2v) is 7.43. The Labute approximate surface area is 131 Å². The zero-order valence-corrected chi connectivity index (χ0v) is 13.8. The molecule has 2 unspecified atom stereocenters. The molecule has 0 radical (unpaired) electrons. The van der Waals surface area contributed by atoms with Gasteiger partial charge in [0.2, 0.25) is 0 Å². The normalized spacial score (nSPS) is 24.5. The van der Waals surface area contributed by atoms with Crippen LogP contribution in [0.2, 0.25) is 0 Å². The number of thioether (sulfide) groups is 1. The molecular weight excluding hydrogens is 282 g/mol. The first-order valence-corrected chi connectivity index (χ1v) is 9.00. The van der Waals surface area contributed by atoms with Crippen molar-refractivity contribution in [1.29, 1.82) is 0 Å².